The van der Waals surface area contributed by atoms with Crippen LogP contribution in [0.5, 0.6) is 0 Å². The van der Waals surface area contributed by atoms with Crippen molar-refractivity contribution in [2.45, 2.75) is 121 Å². The molecule has 0 aliphatic carbocycles. The van der Waals surface area contributed by atoms with Gasteiger partial charge >= 0.3 is 0 Å². The van der Waals surface area contributed by atoms with Crippen LogP contribution in [0.2, 0.25) is 0 Å². The number of hydrogen-bond donors (Lipinski definition) is 2. The van der Waals surface area contributed by atoms with Gasteiger partial charge in [-0.3, -0.25) is 4.79 Å². The number of aliphatic hydroxyl groups is 1. The van der Waals surface area contributed by atoms with Crippen molar-refractivity contribution in [2.24, 2.45) is 0 Å². The molecule has 1 amide bonds. The third kappa shape index (κ3) is 11.2. The van der Waals surface area contributed by atoms with Crippen molar-refractivity contribution in [3.05, 3.63) is 0 Å². The van der Waals surface area contributed by atoms with Crippen LogP contribution in [-0.2, 0) is 9.53 Å². The minimum atomic E-state index is -0.381. The molecule has 0 saturated carbocycles. The van der Waals surface area contributed by atoms with Crippen molar-refractivity contribution >= 4 is 13.8 Å². The number of nitrogens with one attached hydrogen (secondary N) is 1. The van der Waals surface area contributed by atoms with Crippen LogP contribution < -0.4 is 5.32 Å². The maximum Gasteiger partial charge on any atom is 0.220 e. The molecular formula is C21H40BNO3. The summed E-state index contributed by atoms with van der Waals surface area (Å²) in [4.78, 5) is 12.0. The maximum absolute atomic E-state index is 12.0. The molecule has 1 unspecified atom stereocenters. The summed E-state index contributed by atoms with van der Waals surface area (Å²) in [5, 5.41) is 12.2. The molecule has 1 fully saturated rings. The van der Waals surface area contributed by atoms with Gasteiger partial charge in [-0.2, -0.15) is 0 Å². The van der Waals surface area contributed by atoms with Crippen LogP contribution in [0.3, 0.4) is 0 Å². The molecule has 1 rings (SSSR count). The Morgan fingerprint density at radius 3 is 1.96 bits per heavy atom. The fraction of sp³-hybridized carbons (Fsp3) is 0.952. The molecule has 0 spiro atoms. The van der Waals surface area contributed by atoms with Gasteiger partial charge in [0.05, 0.1) is 12.6 Å². The van der Waals surface area contributed by atoms with E-state index in [1.807, 2.05) is 0 Å². The Morgan fingerprint density at radius 2 is 1.46 bits per heavy atom. The second kappa shape index (κ2) is 15.5. The zero-order chi connectivity index (χ0) is 19.0. The summed E-state index contributed by atoms with van der Waals surface area (Å²) < 4.78 is 5.36. The largest absolute Gasteiger partial charge is 0.394 e. The van der Waals surface area contributed by atoms with Crippen molar-refractivity contribution in [1.82, 2.24) is 5.32 Å². The summed E-state index contributed by atoms with van der Waals surface area (Å²) in [6, 6.07) is -0.529. The van der Waals surface area contributed by atoms with Crippen LogP contribution in [-0.4, -0.2) is 43.6 Å². The number of carbonyl (C=O) groups is 1. The first kappa shape index (κ1) is 23.5. The lowest BCUT2D eigenvalue weighted by Gasteiger charge is -2.17. The van der Waals surface area contributed by atoms with Gasteiger partial charge in [-0.15, -0.1) is 0 Å². The van der Waals surface area contributed by atoms with Gasteiger partial charge in [-0.25, -0.2) is 0 Å². The molecule has 150 valence electrons. The number of hydrogen-bond acceptors (Lipinski definition) is 3. The Bertz CT molecular complexity index is 354. The molecule has 26 heavy (non-hydrogen) atoms. The summed E-state index contributed by atoms with van der Waals surface area (Å²) in [7, 11) is 5.71. The third-order valence-corrected chi connectivity index (χ3v) is 5.32. The highest BCUT2D eigenvalue weighted by Gasteiger charge is 2.32. The number of unbranched alkanes of at least 4 members (excludes halogenated alkanes) is 12. The SMILES string of the molecule is [B][C@H]1CC(NC(=O)CCCCCCCCCCCCCCC)[C@@H](CO)O1. The highest BCUT2D eigenvalue weighted by Crippen LogP contribution is 2.18. The maximum atomic E-state index is 12.0. The van der Waals surface area contributed by atoms with Crippen LogP contribution in [0.25, 0.3) is 0 Å². The molecule has 1 aliphatic rings. The summed E-state index contributed by atoms with van der Waals surface area (Å²) in [5.41, 5.74) is 0. The summed E-state index contributed by atoms with van der Waals surface area (Å²) in [6.45, 7) is 2.16. The topological polar surface area (TPSA) is 58.6 Å². The van der Waals surface area contributed by atoms with E-state index in [1.165, 1.54) is 70.6 Å². The molecule has 2 N–H and O–H groups in total. The first-order valence-electron chi connectivity index (χ1n) is 11.0. The molecule has 3 atom stereocenters. The van der Waals surface area contributed by atoms with Gasteiger partial charge in [0.1, 0.15) is 14.0 Å². The van der Waals surface area contributed by atoms with Crippen molar-refractivity contribution in [2.75, 3.05) is 6.61 Å². The first-order valence-corrected chi connectivity index (χ1v) is 11.0. The smallest absolute Gasteiger partial charge is 0.220 e. The second-order valence-corrected chi connectivity index (χ2v) is 7.80. The van der Waals surface area contributed by atoms with Crippen LogP contribution in [0.4, 0.5) is 0 Å². The van der Waals surface area contributed by atoms with E-state index in [-0.39, 0.29) is 30.7 Å². The quantitative estimate of drug-likeness (QED) is 0.318. The zero-order valence-corrected chi connectivity index (χ0v) is 16.9. The van der Waals surface area contributed by atoms with Crippen LogP contribution in [0.1, 0.15) is 103 Å². The fourth-order valence-corrected chi connectivity index (χ4v) is 3.68. The summed E-state index contributed by atoms with van der Waals surface area (Å²) in [5.74, 6) is 0.0502. The van der Waals surface area contributed by atoms with Crippen molar-refractivity contribution in [3.63, 3.8) is 0 Å². The zero-order valence-electron chi connectivity index (χ0n) is 16.9. The van der Waals surface area contributed by atoms with E-state index in [0.717, 1.165) is 12.8 Å². The highest BCUT2D eigenvalue weighted by atomic mass is 16.5. The lowest BCUT2D eigenvalue weighted by atomic mass is 9.95. The standard InChI is InChI=1S/C21H40BNO3/c1-2-3-4-5-6-7-8-9-10-11-12-13-14-15-21(25)23-18-16-20(22)26-19(18)17-24/h18-20,24H,2-17H2,1H3,(H,23,25)/t18?,19-,20-/m1/s1. The van der Waals surface area contributed by atoms with Gasteiger partial charge in [0.25, 0.3) is 0 Å². The minimum Gasteiger partial charge on any atom is -0.394 e. The van der Waals surface area contributed by atoms with Gasteiger partial charge in [0.15, 0.2) is 0 Å². The normalized spacial score (nSPS) is 22.6. The van der Waals surface area contributed by atoms with Crippen molar-refractivity contribution in [1.29, 1.82) is 0 Å². The van der Waals surface area contributed by atoms with E-state index < -0.39 is 0 Å². The van der Waals surface area contributed by atoms with E-state index in [1.54, 1.807) is 0 Å². The van der Waals surface area contributed by atoms with E-state index in [4.69, 9.17) is 12.6 Å². The molecule has 1 aliphatic heterocycles. The van der Waals surface area contributed by atoms with Crippen LogP contribution in [0.15, 0.2) is 0 Å². The Hall–Kier alpha value is -0.545. The van der Waals surface area contributed by atoms with Gasteiger partial charge in [-0.1, -0.05) is 84.0 Å². The Kier molecular flexibility index (Phi) is 14.0. The minimum absolute atomic E-state index is 0.0502. The lowest BCUT2D eigenvalue weighted by molar-refractivity contribution is -0.122. The van der Waals surface area contributed by atoms with Gasteiger partial charge < -0.3 is 15.2 Å². The summed E-state index contributed by atoms with van der Waals surface area (Å²) >= 11 is 0. The Balaban J connectivity index is 1.86. The fourth-order valence-electron chi connectivity index (χ4n) is 3.68. The van der Waals surface area contributed by atoms with Gasteiger partial charge in [0.2, 0.25) is 5.91 Å². The van der Waals surface area contributed by atoms with E-state index >= 15 is 0 Å². The predicted molar refractivity (Wildman–Crippen MR) is 108 cm³/mol. The second-order valence-electron chi connectivity index (χ2n) is 7.80. The molecule has 0 aromatic heterocycles. The predicted octanol–water partition coefficient (Wildman–Crippen LogP) is 4.23. The van der Waals surface area contributed by atoms with E-state index in [0.29, 0.717) is 12.8 Å². The number of amides is 1. The lowest BCUT2D eigenvalue weighted by Crippen LogP contribution is -2.41. The highest BCUT2D eigenvalue weighted by molar-refractivity contribution is 6.11. The number of carbonyl (C=O) groups excluding carboxylic acids is 1. The molecule has 0 aromatic carbocycles. The molecule has 1 heterocycles. The van der Waals surface area contributed by atoms with Crippen molar-refractivity contribution in [3.8, 4) is 0 Å². The molecule has 1 saturated heterocycles. The molecule has 0 aromatic rings. The molecular weight excluding hydrogens is 325 g/mol. The molecule has 4 nitrogen and oxygen atoms in total. The first-order chi connectivity index (χ1) is 12.7. The number of rotatable bonds is 16. The van der Waals surface area contributed by atoms with Gasteiger partial charge in [-0.05, 0) is 12.8 Å². The summed E-state index contributed by atoms with van der Waals surface area (Å²) in [6.07, 6.45) is 17.8. The van der Waals surface area contributed by atoms with E-state index in [2.05, 4.69) is 12.2 Å². The van der Waals surface area contributed by atoms with Crippen LogP contribution in [0, 0.1) is 0 Å². The molecule has 0 bridgehead atoms. The molecule has 2 radical (unpaired) electrons. The molecule has 5 heteroatoms. The van der Waals surface area contributed by atoms with E-state index in [9.17, 15) is 9.90 Å². The van der Waals surface area contributed by atoms with Crippen molar-refractivity contribution < 1.29 is 14.6 Å². The average molecular weight is 365 g/mol. The third-order valence-electron chi connectivity index (χ3n) is 5.32. The number of aliphatic hydroxyl groups excluding tert-OH is 1. The average Bonchev–Trinajstić information content (AvgIpc) is 2.98. The van der Waals surface area contributed by atoms with Gasteiger partial charge in [0, 0.05) is 12.4 Å². The Labute approximate surface area is 162 Å². The van der Waals surface area contributed by atoms with Crippen LogP contribution >= 0.6 is 0 Å². The Morgan fingerprint density at radius 1 is 0.962 bits per heavy atom. The monoisotopic (exact) mass is 365 g/mol. The number of ether oxygens (including phenoxy) is 1.